The lowest BCUT2D eigenvalue weighted by atomic mass is 9.92. The SMILES string of the molecule is Cc1ccc(C(C2=CCCC=C2)N2CCNCC2)cc1. The van der Waals surface area contributed by atoms with Crippen molar-refractivity contribution in [3.8, 4) is 0 Å². The van der Waals surface area contributed by atoms with Gasteiger partial charge >= 0.3 is 0 Å². The van der Waals surface area contributed by atoms with Crippen molar-refractivity contribution < 1.29 is 0 Å². The first-order valence-electron chi connectivity index (χ1n) is 7.72. The van der Waals surface area contributed by atoms with Crippen LogP contribution in [0, 0.1) is 6.92 Å². The molecule has 1 fully saturated rings. The lowest BCUT2D eigenvalue weighted by molar-refractivity contribution is 0.197. The number of nitrogens with one attached hydrogen (secondary N) is 1. The number of allylic oxidation sites excluding steroid dienone is 2. The molecule has 20 heavy (non-hydrogen) atoms. The van der Waals surface area contributed by atoms with Crippen molar-refractivity contribution in [1.29, 1.82) is 0 Å². The summed E-state index contributed by atoms with van der Waals surface area (Å²) in [5.41, 5.74) is 4.23. The molecule has 1 saturated heterocycles. The third-order valence-corrected chi connectivity index (χ3v) is 4.25. The molecule has 0 saturated carbocycles. The number of rotatable bonds is 3. The first-order chi connectivity index (χ1) is 9.84. The molecule has 1 aromatic carbocycles. The van der Waals surface area contributed by atoms with E-state index in [2.05, 4.69) is 59.6 Å². The van der Waals surface area contributed by atoms with E-state index in [4.69, 9.17) is 0 Å². The molecular weight excluding hydrogens is 244 g/mol. The fraction of sp³-hybridized carbons (Fsp3) is 0.444. The van der Waals surface area contributed by atoms with Gasteiger partial charge in [0.1, 0.15) is 0 Å². The molecule has 0 amide bonds. The standard InChI is InChI=1S/C18H24N2/c1-15-7-9-17(10-8-15)18(16-5-3-2-4-6-16)20-13-11-19-12-14-20/h3,5-10,18-19H,2,4,11-14H2,1H3. The molecule has 2 heteroatoms. The highest BCUT2D eigenvalue weighted by Gasteiger charge is 2.24. The minimum Gasteiger partial charge on any atom is -0.314 e. The van der Waals surface area contributed by atoms with E-state index in [9.17, 15) is 0 Å². The van der Waals surface area contributed by atoms with E-state index in [1.165, 1.54) is 29.5 Å². The molecular formula is C18H24N2. The zero-order valence-corrected chi connectivity index (χ0v) is 12.3. The Bertz CT molecular complexity index is 493. The molecule has 0 radical (unpaired) electrons. The second-order valence-electron chi connectivity index (χ2n) is 5.78. The molecule has 2 aliphatic rings. The van der Waals surface area contributed by atoms with Crippen LogP contribution in [0.5, 0.6) is 0 Å². The van der Waals surface area contributed by atoms with Gasteiger partial charge in [0, 0.05) is 26.2 Å². The monoisotopic (exact) mass is 268 g/mol. The van der Waals surface area contributed by atoms with Crippen molar-refractivity contribution in [2.24, 2.45) is 0 Å². The highest BCUT2D eigenvalue weighted by molar-refractivity contribution is 5.37. The summed E-state index contributed by atoms with van der Waals surface area (Å²) in [6, 6.07) is 9.49. The fourth-order valence-electron chi connectivity index (χ4n) is 3.14. The van der Waals surface area contributed by atoms with Crippen LogP contribution < -0.4 is 5.32 Å². The van der Waals surface area contributed by atoms with E-state index in [-0.39, 0.29) is 0 Å². The van der Waals surface area contributed by atoms with Gasteiger partial charge in [0.15, 0.2) is 0 Å². The molecule has 0 aromatic heterocycles. The van der Waals surface area contributed by atoms with Crippen LogP contribution >= 0.6 is 0 Å². The molecule has 1 heterocycles. The Morgan fingerprint density at radius 2 is 1.80 bits per heavy atom. The van der Waals surface area contributed by atoms with Crippen LogP contribution in [-0.2, 0) is 0 Å². The third kappa shape index (κ3) is 3.02. The van der Waals surface area contributed by atoms with Crippen molar-refractivity contribution in [2.75, 3.05) is 26.2 Å². The summed E-state index contributed by atoms with van der Waals surface area (Å²) in [5, 5.41) is 3.45. The first-order valence-corrected chi connectivity index (χ1v) is 7.72. The maximum Gasteiger partial charge on any atom is 0.0599 e. The van der Waals surface area contributed by atoms with Crippen LogP contribution in [0.3, 0.4) is 0 Å². The van der Waals surface area contributed by atoms with Gasteiger partial charge in [-0.05, 0) is 30.9 Å². The van der Waals surface area contributed by atoms with Gasteiger partial charge in [-0.3, -0.25) is 4.90 Å². The van der Waals surface area contributed by atoms with Crippen molar-refractivity contribution >= 4 is 0 Å². The normalized spacial score (nSPS) is 21.6. The van der Waals surface area contributed by atoms with Crippen LogP contribution in [0.1, 0.15) is 30.0 Å². The Hall–Kier alpha value is -1.38. The molecule has 106 valence electrons. The van der Waals surface area contributed by atoms with E-state index in [0.717, 1.165) is 26.2 Å². The number of hydrogen-bond acceptors (Lipinski definition) is 2. The van der Waals surface area contributed by atoms with Crippen molar-refractivity contribution in [3.63, 3.8) is 0 Å². The fourth-order valence-corrected chi connectivity index (χ4v) is 3.14. The molecule has 1 aromatic rings. The van der Waals surface area contributed by atoms with Crippen molar-refractivity contribution in [1.82, 2.24) is 10.2 Å². The zero-order valence-electron chi connectivity index (χ0n) is 12.3. The average molecular weight is 268 g/mol. The van der Waals surface area contributed by atoms with E-state index in [1.54, 1.807) is 0 Å². The Kier molecular flexibility index (Phi) is 4.34. The minimum atomic E-state index is 0.425. The number of hydrogen-bond donors (Lipinski definition) is 1. The lowest BCUT2D eigenvalue weighted by Crippen LogP contribution is -2.45. The van der Waals surface area contributed by atoms with Crippen LogP contribution in [0.15, 0.2) is 48.1 Å². The third-order valence-electron chi connectivity index (χ3n) is 4.25. The van der Waals surface area contributed by atoms with Crippen molar-refractivity contribution in [2.45, 2.75) is 25.8 Å². The quantitative estimate of drug-likeness (QED) is 0.905. The van der Waals surface area contributed by atoms with Gasteiger partial charge < -0.3 is 5.32 Å². The molecule has 1 aliphatic heterocycles. The molecule has 1 atom stereocenters. The van der Waals surface area contributed by atoms with Gasteiger partial charge in [0.25, 0.3) is 0 Å². The van der Waals surface area contributed by atoms with Gasteiger partial charge in [0.05, 0.1) is 6.04 Å². The van der Waals surface area contributed by atoms with E-state index in [0.29, 0.717) is 6.04 Å². The maximum atomic E-state index is 3.45. The molecule has 2 nitrogen and oxygen atoms in total. The summed E-state index contributed by atoms with van der Waals surface area (Å²) in [6.07, 6.45) is 9.44. The molecule has 0 bridgehead atoms. The summed E-state index contributed by atoms with van der Waals surface area (Å²) in [4.78, 5) is 2.61. The minimum absolute atomic E-state index is 0.425. The van der Waals surface area contributed by atoms with E-state index >= 15 is 0 Å². The largest absolute Gasteiger partial charge is 0.314 e. The average Bonchev–Trinajstić information content (AvgIpc) is 2.52. The van der Waals surface area contributed by atoms with Gasteiger partial charge in [-0.1, -0.05) is 48.1 Å². The predicted molar refractivity (Wildman–Crippen MR) is 84.8 cm³/mol. The predicted octanol–water partition coefficient (Wildman–Crippen LogP) is 3.22. The van der Waals surface area contributed by atoms with Gasteiger partial charge in [-0.15, -0.1) is 0 Å². The Morgan fingerprint density at radius 3 is 2.45 bits per heavy atom. The number of benzene rings is 1. The Labute approximate surface area is 122 Å². The Balaban J connectivity index is 1.91. The first kappa shape index (κ1) is 13.6. The van der Waals surface area contributed by atoms with Crippen molar-refractivity contribution in [3.05, 3.63) is 59.2 Å². The molecule has 3 rings (SSSR count). The lowest BCUT2D eigenvalue weighted by Gasteiger charge is -2.36. The van der Waals surface area contributed by atoms with Gasteiger partial charge in [0.2, 0.25) is 0 Å². The number of piperazine rings is 1. The maximum absolute atomic E-state index is 3.45. The summed E-state index contributed by atoms with van der Waals surface area (Å²) < 4.78 is 0. The molecule has 0 spiro atoms. The van der Waals surface area contributed by atoms with E-state index < -0.39 is 0 Å². The zero-order chi connectivity index (χ0) is 13.8. The molecule has 1 aliphatic carbocycles. The van der Waals surface area contributed by atoms with Crippen LogP contribution in [0.4, 0.5) is 0 Å². The summed E-state index contributed by atoms with van der Waals surface area (Å²) in [7, 11) is 0. The van der Waals surface area contributed by atoms with Crippen LogP contribution in [-0.4, -0.2) is 31.1 Å². The smallest absolute Gasteiger partial charge is 0.0599 e. The van der Waals surface area contributed by atoms with E-state index in [1.807, 2.05) is 0 Å². The molecule has 1 N–H and O–H groups in total. The summed E-state index contributed by atoms with van der Waals surface area (Å²) in [5.74, 6) is 0. The topological polar surface area (TPSA) is 15.3 Å². The second-order valence-corrected chi connectivity index (χ2v) is 5.78. The Morgan fingerprint density at radius 1 is 1.05 bits per heavy atom. The second kappa shape index (κ2) is 6.38. The number of nitrogens with zero attached hydrogens (tertiary/aromatic N) is 1. The number of aryl methyl sites for hydroxylation is 1. The highest BCUT2D eigenvalue weighted by Crippen LogP contribution is 2.32. The molecule has 1 unspecified atom stereocenters. The summed E-state index contributed by atoms with van der Waals surface area (Å²) >= 11 is 0. The highest BCUT2D eigenvalue weighted by atomic mass is 15.2. The summed E-state index contributed by atoms with van der Waals surface area (Å²) in [6.45, 7) is 6.61. The van der Waals surface area contributed by atoms with Gasteiger partial charge in [-0.2, -0.15) is 0 Å². The van der Waals surface area contributed by atoms with Gasteiger partial charge in [-0.25, -0.2) is 0 Å². The van der Waals surface area contributed by atoms with Crippen LogP contribution in [0.25, 0.3) is 0 Å². The van der Waals surface area contributed by atoms with Crippen LogP contribution in [0.2, 0.25) is 0 Å².